The number of carbonyl (C=O) groups excluding carboxylic acids is 1. The van der Waals surface area contributed by atoms with E-state index in [2.05, 4.69) is 41.4 Å². The van der Waals surface area contributed by atoms with Crippen LogP contribution in [0.15, 0.2) is 54.6 Å². The van der Waals surface area contributed by atoms with Gasteiger partial charge in [-0.2, -0.15) is 0 Å². The fourth-order valence-electron chi connectivity index (χ4n) is 4.01. The van der Waals surface area contributed by atoms with Gasteiger partial charge in [-0.1, -0.05) is 55.8 Å². The predicted molar refractivity (Wildman–Crippen MR) is 118 cm³/mol. The monoisotopic (exact) mass is 396 g/mol. The van der Waals surface area contributed by atoms with Crippen LogP contribution in [0.2, 0.25) is 0 Å². The zero-order chi connectivity index (χ0) is 20.5. The Balaban J connectivity index is 1.52. The Kier molecular flexibility index (Phi) is 7.94. The molecule has 0 aromatic heterocycles. The summed E-state index contributed by atoms with van der Waals surface area (Å²) in [6, 6.07) is 18.6. The van der Waals surface area contributed by atoms with Crippen LogP contribution in [0.1, 0.15) is 38.3 Å². The van der Waals surface area contributed by atoms with E-state index in [4.69, 9.17) is 4.74 Å². The van der Waals surface area contributed by atoms with E-state index in [1.165, 1.54) is 10.5 Å². The number of hydrogen-bond acceptors (Lipinski definition) is 3. The number of anilines is 1. The van der Waals surface area contributed by atoms with Gasteiger partial charge in [-0.05, 0) is 31.0 Å². The Bertz CT molecular complexity index is 758. The smallest absolute Gasteiger partial charge is 0.275 e. The summed E-state index contributed by atoms with van der Waals surface area (Å²) in [5, 5.41) is 3.26. The number of nitrogens with one attached hydrogen (secondary N) is 2. The molecule has 1 aliphatic rings. The molecule has 0 bridgehead atoms. The molecule has 2 aromatic rings. The Labute approximate surface area is 174 Å². The van der Waals surface area contributed by atoms with E-state index in [-0.39, 0.29) is 11.9 Å². The number of rotatable bonds is 9. The van der Waals surface area contributed by atoms with E-state index in [0.717, 1.165) is 50.5 Å². The molecule has 0 spiro atoms. The fourth-order valence-corrected chi connectivity index (χ4v) is 4.01. The highest BCUT2D eigenvalue weighted by atomic mass is 16.5. The highest BCUT2D eigenvalue weighted by molar-refractivity contribution is 5.77. The van der Waals surface area contributed by atoms with Gasteiger partial charge < -0.3 is 19.9 Å². The largest absolute Gasteiger partial charge is 0.492 e. The summed E-state index contributed by atoms with van der Waals surface area (Å²) in [5.74, 6) is 1.09. The third kappa shape index (κ3) is 5.97. The maximum absolute atomic E-state index is 12.7. The molecule has 0 unspecified atom stereocenters. The van der Waals surface area contributed by atoms with E-state index in [0.29, 0.717) is 13.2 Å². The SMILES string of the molecule is CCC[C@@H](NC(=O)C[NH+]1CCN(c2ccccc2OCC)CC1)c1ccccc1. The zero-order valence-corrected chi connectivity index (χ0v) is 17.7. The van der Waals surface area contributed by atoms with Gasteiger partial charge in [-0.25, -0.2) is 0 Å². The summed E-state index contributed by atoms with van der Waals surface area (Å²) in [6.07, 6.45) is 2.01. The maximum Gasteiger partial charge on any atom is 0.275 e. The van der Waals surface area contributed by atoms with Gasteiger partial charge in [0, 0.05) is 0 Å². The fraction of sp³-hybridized carbons (Fsp3) is 0.458. The standard InChI is InChI=1S/C24H33N3O2/c1-3-10-21(20-11-6-5-7-12-20)25-24(28)19-26-15-17-27(18-16-26)22-13-8-9-14-23(22)29-4-2/h5-9,11-14,21H,3-4,10,15-19H2,1-2H3,(H,25,28)/p+1/t21-/m1/s1. The van der Waals surface area contributed by atoms with Crippen molar-refractivity contribution in [1.29, 1.82) is 0 Å². The predicted octanol–water partition coefficient (Wildman–Crippen LogP) is 2.45. The Morgan fingerprint density at radius 1 is 1.07 bits per heavy atom. The van der Waals surface area contributed by atoms with Gasteiger partial charge in [-0.15, -0.1) is 0 Å². The quantitative estimate of drug-likeness (QED) is 0.684. The van der Waals surface area contributed by atoms with Crippen LogP contribution in [0.3, 0.4) is 0 Å². The number of ether oxygens (including phenoxy) is 1. The van der Waals surface area contributed by atoms with Gasteiger partial charge in [0.1, 0.15) is 5.75 Å². The third-order valence-electron chi connectivity index (χ3n) is 5.50. The van der Waals surface area contributed by atoms with Gasteiger partial charge in [0.05, 0.1) is 44.5 Å². The van der Waals surface area contributed by atoms with Crippen molar-refractivity contribution in [2.75, 3.05) is 44.2 Å². The molecule has 29 heavy (non-hydrogen) atoms. The van der Waals surface area contributed by atoms with E-state index < -0.39 is 0 Å². The molecule has 1 fully saturated rings. The summed E-state index contributed by atoms with van der Waals surface area (Å²) in [6.45, 7) is 9.16. The molecule has 0 aliphatic carbocycles. The first-order valence-corrected chi connectivity index (χ1v) is 10.9. The van der Waals surface area contributed by atoms with Crippen LogP contribution in [-0.4, -0.2) is 45.2 Å². The maximum atomic E-state index is 12.7. The second kappa shape index (κ2) is 10.9. The summed E-state index contributed by atoms with van der Waals surface area (Å²) in [5.41, 5.74) is 2.35. The van der Waals surface area contributed by atoms with E-state index in [9.17, 15) is 4.79 Å². The average molecular weight is 397 g/mol. The molecule has 2 aromatic carbocycles. The van der Waals surface area contributed by atoms with Gasteiger partial charge in [-0.3, -0.25) is 4.79 Å². The Morgan fingerprint density at radius 2 is 1.76 bits per heavy atom. The molecule has 5 nitrogen and oxygen atoms in total. The number of piperazine rings is 1. The van der Waals surface area contributed by atoms with Crippen molar-refractivity contribution in [3.05, 3.63) is 60.2 Å². The molecule has 2 N–H and O–H groups in total. The number of nitrogens with zero attached hydrogens (tertiary/aromatic N) is 1. The number of carbonyl (C=O) groups is 1. The molecule has 1 amide bonds. The van der Waals surface area contributed by atoms with Crippen LogP contribution < -0.4 is 19.9 Å². The third-order valence-corrected chi connectivity index (χ3v) is 5.50. The lowest BCUT2D eigenvalue weighted by atomic mass is 10.0. The van der Waals surface area contributed by atoms with Crippen LogP contribution in [0, 0.1) is 0 Å². The lowest BCUT2D eigenvalue weighted by molar-refractivity contribution is -0.892. The van der Waals surface area contributed by atoms with Crippen LogP contribution in [-0.2, 0) is 4.79 Å². The second-order valence-electron chi connectivity index (χ2n) is 7.63. The molecule has 0 saturated carbocycles. The number of benzene rings is 2. The normalized spacial score (nSPS) is 15.7. The summed E-state index contributed by atoms with van der Waals surface area (Å²) < 4.78 is 5.78. The van der Waals surface area contributed by atoms with Crippen molar-refractivity contribution in [2.24, 2.45) is 0 Å². The first-order chi connectivity index (χ1) is 14.2. The molecule has 3 rings (SSSR count). The minimum atomic E-state index is 0.104. The van der Waals surface area contributed by atoms with Crippen molar-refractivity contribution in [3.63, 3.8) is 0 Å². The number of quaternary nitrogens is 1. The first kappa shape index (κ1) is 21.2. The van der Waals surface area contributed by atoms with E-state index >= 15 is 0 Å². The van der Waals surface area contributed by atoms with Crippen LogP contribution in [0.25, 0.3) is 0 Å². The molecule has 0 radical (unpaired) electrons. The Morgan fingerprint density at radius 3 is 2.45 bits per heavy atom. The van der Waals surface area contributed by atoms with Crippen molar-refractivity contribution in [3.8, 4) is 5.75 Å². The number of hydrogen-bond donors (Lipinski definition) is 2. The van der Waals surface area contributed by atoms with Gasteiger partial charge >= 0.3 is 0 Å². The van der Waals surface area contributed by atoms with Crippen LogP contribution in [0.4, 0.5) is 5.69 Å². The summed E-state index contributed by atoms with van der Waals surface area (Å²) >= 11 is 0. The molecule has 1 atom stereocenters. The number of para-hydroxylation sites is 2. The minimum Gasteiger partial charge on any atom is -0.492 e. The zero-order valence-electron chi connectivity index (χ0n) is 17.7. The lowest BCUT2D eigenvalue weighted by Crippen LogP contribution is -3.16. The molecule has 5 heteroatoms. The first-order valence-electron chi connectivity index (χ1n) is 10.9. The van der Waals surface area contributed by atoms with Crippen molar-refractivity contribution in [2.45, 2.75) is 32.7 Å². The molecular formula is C24H34N3O2+. The van der Waals surface area contributed by atoms with Gasteiger partial charge in [0.25, 0.3) is 5.91 Å². The Hall–Kier alpha value is -2.53. The number of amides is 1. The highest BCUT2D eigenvalue weighted by Gasteiger charge is 2.25. The van der Waals surface area contributed by atoms with E-state index in [1.807, 2.05) is 37.3 Å². The van der Waals surface area contributed by atoms with Crippen molar-refractivity contribution in [1.82, 2.24) is 5.32 Å². The average Bonchev–Trinajstić information content (AvgIpc) is 2.75. The van der Waals surface area contributed by atoms with Gasteiger partial charge in [0.2, 0.25) is 0 Å². The molecule has 1 saturated heterocycles. The summed E-state index contributed by atoms with van der Waals surface area (Å²) in [4.78, 5) is 16.4. The van der Waals surface area contributed by atoms with Crippen molar-refractivity contribution >= 4 is 11.6 Å². The highest BCUT2D eigenvalue weighted by Crippen LogP contribution is 2.27. The van der Waals surface area contributed by atoms with E-state index in [1.54, 1.807) is 0 Å². The van der Waals surface area contributed by atoms with Crippen LogP contribution >= 0.6 is 0 Å². The molecular weight excluding hydrogens is 362 g/mol. The van der Waals surface area contributed by atoms with Crippen LogP contribution in [0.5, 0.6) is 5.75 Å². The van der Waals surface area contributed by atoms with Gasteiger partial charge in [0.15, 0.2) is 6.54 Å². The molecule has 1 aliphatic heterocycles. The van der Waals surface area contributed by atoms with Crippen molar-refractivity contribution < 1.29 is 14.4 Å². The summed E-state index contributed by atoms with van der Waals surface area (Å²) in [7, 11) is 0. The topological polar surface area (TPSA) is 46.0 Å². The minimum absolute atomic E-state index is 0.104. The molecule has 156 valence electrons. The molecule has 1 heterocycles. The second-order valence-corrected chi connectivity index (χ2v) is 7.63. The lowest BCUT2D eigenvalue weighted by Gasteiger charge is -2.34.